The fourth-order valence-electron chi connectivity index (χ4n) is 2.83. The van der Waals surface area contributed by atoms with E-state index in [0.717, 1.165) is 24.5 Å². The van der Waals surface area contributed by atoms with Crippen LogP contribution in [0.25, 0.3) is 0 Å². The molecule has 0 aliphatic heterocycles. The van der Waals surface area contributed by atoms with Gasteiger partial charge in [0.15, 0.2) is 0 Å². The summed E-state index contributed by atoms with van der Waals surface area (Å²) < 4.78 is 16.2. The van der Waals surface area contributed by atoms with Crippen LogP contribution in [0.2, 0.25) is 0 Å². The summed E-state index contributed by atoms with van der Waals surface area (Å²) in [5.41, 5.74) is 1.17. The van der Waals surface area contributed by atoms with Crippen molar-refractivity contribution in [2.24, 2.45) is 0 Å². The van der Waals surface area contributed by atoms with Crippen molar-refractivity contribution < 1.29 is 14.2 Å². The van der Waals surface area contributed by atoms with Gasteiger partial charge in [-0.1, -0.05) is 12.8 Å². The van der Waals surface area contributed by atoms with E-state index < -0.39 is 0 Å². The van der Waals surface area contributed by atoms with E-state index in [1.54, 1.807) is 21.3 Å². The SMILES string of the molecule is COc1cc(CN[C@H]2CCCC[C@@H]2OC)cc(OC)c1. The normalized spacial score (nSPS) is 22.6. The highest BCUT2D eigenvalue weighted by Crippen LogP contribution is 2.24. The zero-order valence-electron chi connectivity index (χ0n) is 12.6. The molecule has 1 saturated carbocycles. The first kappa shape index (κ1) is 15.1. The summed E-state index contributed by atoms with van der Waals surface area (Å²) in [7, 11) is 5.15. The predicted molar refractivity (Wildman–Crippen MR) is 79.4 cm³/mol. The summed E-state index contributed by atoms with van der Waals surface area (Å²) in [5, 5.41) is 3.61. The lowest BCUT2D eigenvalue weighted by Gasteiger charge is -2.31. The lowest BCUT2D eigenvalue weighted by molar-refractivity contribution is 0.0413. The van der Waals surface area contributed by atoms with E-state index in [1.165, 1.54) is 24.8 Å². The predicted octanol–water partition coefficient (Wildman–Crippen LogP) is 2.75. The zero-order chi connectivity index (χ0) is 14.4. The van der Waals surface area contributed by atoms with E-state index >= 15 is 0 Å². The number of hydrogen-bond acceptors (Lipinski definition) is 4. The van der Waals surface area contributed by atoms with Gasteiger partial charge in [0.25, 0.3) is 0 Å². The second-order valence-electron chi connectivity index (χ2n) is 5.27. The first-order valence-corrected chi connectivity index (χ1v) is 7.25. The van der Waals surface area contributed by atoms with Crippen molar-refractivity contribution in [1.82, 2.24) is 5.32 Å². The van der Waals surface area contributed by atoms with E-state index in [1.807, 2.05) is 18.2 Å². The number of benzene rings is 1. The van der Waals surface area contributed by atoms with E-state index in [9.17, 15) is 0 Å². The van der Waals surface area contributed by atoms with Gasteiger partial charge in [-0.15, -0.1) is 0 Å². The average molecular weight is 279 g/mol. The summed E-state index contributed by atoms with van der Waals surface area (Å²) in [5.74, 6) is 1.65. The molecule has 4 nitrogen and oxygen atoms in total. The van der Waals surface area contributed by atoms with Crippen LogP contribution in [0.4, 0.5) is 0 Å². The highest BCUT2D eigenvalue weighted by Gasteiger charge is 2.24. The molecular formula is C16H25NO3. The quantitative estimate of drug-likeness (QED) is 0.869. The van der Waals surface area contributed by atoms with Crippen molar-refractivity contribution in [3.8, 4) is 11.5 Å². The van der Waals surface area contributed by atoms with Gasteiger partial charge in [-0.25, -0.2) is 0 Å². The number of hydrogen-bond donors (Lipinski definition) is 1. The Morgan fingerprint density at radius 3 is 2.25 bits per heavy atom. The Morgan fingerprint density at radius 1 is 1.00 bits per heavy atom. The minimum Gasteiger partial charge on any atom is -0.497 e. The Morgan fingerprint density at radius 2 is 1.65 bits per heavy atom. The van der Waals surface area contributed by atoms with E-state index in [2.05, 4.69) is 5.32 Å². The number of methoxy groups -OCH3 is 3. The molecule has 0 heterocycles. The minimum atomic E-state index is 0.330. The highest BCUT2D eigenvalue weighted by atomic mass is 16.5. The first-order valence-electron chi connectivity index (χ1n) is 7.25. The smallest absolute Gasteiger partial charge is 0.122 e. The van der Waals surface area contributed by atoms with Gasteiger partial charge in [0.05, 0.1) is 20.3 Å². The summed E-state index contributed by atoms with van der Waals surface area (Å²) in [4.78, 5) is 0. The Bertz CT molecular complexity index is 400. The minimum absolute atomic E-state index is 0.330. The molecule has 0 saturated heterocycles. The molecule has 2 atom stereocenters. The average Bonchev–Trinajstić information content (AvgIpc) is 2.52. The fraction of sp³-hybridized carbons (Fsp3) is 0.625. The van der Waals surface area contributed by atoms with E-state index in [0.29, 0.717) is 12.1 Å². The summed E-state index contributed by atoms with van der Waals surface area (Å²) in [6.07, 6.45) is 5.20. The van der Waals surface area contributed by atoms with Gasteiger partial charge in [-0.3, -0.25) is 0 Å². The fourth-order valence-corrected chi connectivity index (χ4v) is 2.83. The van der Waals surface area contributed by atoms with Gasteiger partial charge in [0.1, 0.15) is 11.5 Å². The maximum Gasteiger partial charge on any atom is 0.122 e. The van der Waals surface area contributed by atoms with E-state index in [4.69, 9.17) is 14.2 Å². The van der Waals surface area contributed by atoms with Crippen molar-refractivity contribution in [1.29, 1.82) is 0 Å². The Kier molecular flexibility index (Phi) is 5.68. The van der Waals surface area contributed by atoms with E-state index in [-0.39, 0.29) is 0 Å². The van der Waals surface area contributed by atoms with Gasteiger partial charge in [0, 0.05) is 25.8 Å². The molecule has 20 heavy (non-hydrogen) atoms. The van der Waals surface area contributed by atoms with Crippen molar-refractivity contribution in [2.45, 2.75) is 44.4 Å². The topological polar surface area (TPSA) is 39.7 Å². The molecule has 0 unspecified atom stereocenters. The van der Waals surface area contributed by atoms with Gasteiger partial charge in [-0.2, -0.15) is 0 Å². The third-order valence-electron chi connectivity index (χ3n) is 3.98. The molecule has 1 fully saturated rings. The zero-order valence-corrected chi connectivity index (χ0v) is 12.6. The molecule has 4 heteroatoms. The Hall–Kier alpha value is -1.26. The van der Waals surface area contributed by atoms with Crippen molar-refractivity contribution >= 4 is 0 Å². The molecule has 0 radical (unpaired) electrons. The summed E-state index contributed by atoms with van der Waals surface area (Å²) in [6, 6.07) is 6.41. The standard InChI is InChI=1S/C16H25NO3/c1-18-13-8-12(9-14(10-13)19-2)11-17-15-6-4-5-7-16(15)20-3/h8-10,15-17H,4-7,11H2,1-3H3/t15-,16-/m0/s1. The number of ether oxygens (including phenoxy) is 3. The molecule has 112 valence electrons. The summed E-state index contributed by atoms with van der Waals surface area (Å²) in [6.45, 7) is 0.804. The molecule has 1 aromatic carbocycles. The van der Waals surface area contributed by atoms with Crippen LogP contribution in [0.3, 0.4) is 0 Å². The van der Waals surface area contributed by atoms with Crippen LogP contribution >= 0.6 is 0 Å². The summed E-state index contributed by atoms with van der Waals surface area (Å²) >= 11 is 0. The molecule has 1 aliphatic carbocycles. The van der Waals surface area contributed by atoms with Crippen LogP contribution < -0.4 is 14.8 Å². The van der Waals surface area contributed by atoms with Crippen LogP contribution in [0.5, 0.6) is 11.5 Å². The monoisotopic (exact) mass is 279 g/mol. The maximum atomic E-state index is 5.57. The largest absolute Gasteiger partial charge is 0.497 e. The third kappa shape index (κ3) is 3.87. The number of nitrogens with one attached hydrogen (secondary N) is 1. The Balaban J connectivity index is 1.98. The molecule has 2 rings (SSSR count). The van der Waals surface area contributed by atoms with Crippen LogP contribution in [0.1, 0.15) is 31.2 Å². The molecule has 0 bridgehead atoms. The van der Waals surface area contributed by atoms with Gasteiger partial charge in [0.2, 0.25) is 0 Å². The second-order valence-corrected chi connectivity index (χ2v) is 5.27. The first-order chi connectivity index (χ1) is 9.76. The van der Waals surface area contributed by atoms with Crippen molar-refractivity contribution in [3.05, 3.63) is 23.8 Å². The molecular weight excluding hydrogens is 254 g/mol. The highest BCUT2D eigenvalue weighted by molar-refractivity contribution is 5.38. The van der Waals surface area contributed by atoms with Crippen LogP contribution in [-0.4, -0.2) is 33.5 Å². The van der Waals surface area contributed by atoms with Crippen molar-refractivity contribution in [2.75, 3.05) is 21.3 Å². The van der Waals surface area contributed by atoms with Gasteiger partial charge >= 0.3 is 0 Å². The lowest BCUT2D eigenvalue weighted by Crippen LogP contribution is -2.42. The van der Waals surface area contributed by atoms with Crippen LogP contribution in [0.15, 0.2) is 18.2 Å². The molecule has 1 aliphatic rings. The molecule has 0 aromatic heterocycles. The molecule has 0 amide bonds. The van der Waals surface area contributed by atoms with Gasteiger partial charge in [-0.05, 0) is 30.5 Å². The molecule has 1 aromatic rings. The lowest BCUT2D eigenvalue weighted by atomic mass is 9.92. The third-order valence-corrected chi connectivity index (χ3v) is 3.98. The van der Waals surface area contributed by atoms with Crippen molar-refractivity contribution in [3.63, 3.8) is 0 Å². The van der Waals surface area contributed by atoms with Crippen LogP contribution in [0, 0.1) is 0 Å². The van der Waals surface area contributed by atoms with Gasteiger partial charge < -0.3 is 19.5 Å². The molecule has 0 spiro atoms. The number of rotatable bonds is 6. The van der Waals surface area contributed by atoms with Crippen LogP contribution in [-0.2, 0) is 11.3 Å². The Labute approximate surface area is 121 Å². The molecule has 1 N–H and O–H groups in total. The maximum absolute atomic E-state index is 5.57. The second kappa shape index (κ2) is 7.50.